The molecule has 7 heteroatoms. The number of anilines is 1. The molecule has 2 aliphatic heterocycles. The Bertz CT molecular complexity index is 1860. The van der Waals surface area contributed by atoms with Gasteiger partial charge in [0.2, 0.25) is 11.8 Å². The van der Waals surface area contributed by atoms with Gasteiger partial charge < -0.3 is 4.74 Å². The number of carbonyl (C=O) groups excluding carboxylic acids is 3. The number of esters is 1. The van der Waals surface area contributed by atoms with Crippen LogP contribution in [0.4, 0.5) is 5.00 Å². The lowest BCUT2D eigenvalue weighted by Crippen LogP contribution is -2.42. The monoisotopic (exact) mass is 542 g/mol. The number of nitriles is 1. The molecule has 4 atom stereocenters. The lowest BCUT2D eigenvalue weighted by molar-refractivity contribution is -0.142. The largest absolute Gasteiger partial charge is 0.425 e. The molecule has 194 valence electrons. The molecule has 3 heterocycles. The summed E-state index contributed by atoms with van der Waals surface area (Å²) < 4.78 is 5.97. The minimum atomic E-state index is -0.923. The van der Waals surface area contributed by atoms with Gasteiger partial charge in [-0.15, -0.1) is 11.3 Å². The van der Waals surface area contributed by atoms with Crippen LogP contribution in [0.25, 0.3) is 16.3 Å². The highest BCUT2D eigenvalue weighted by Crippen LogP contribution is 2.56. The lowest BCUT2D eigenvalue weighted by Gasteiger charge is -2.38. The maximum atomic E-state index is 14.3. The summed E-state index contributed by atoms with van der Waals surface area (Å²) in [6, 6.07) is 23.6. The fourth-order valence-corrected chi connectivity index (χ4v) is 8.50. The van der Waals surface area contributed by atoms with Crippen LogP contribution in [0.3, 0.4) is 0 Å². The Balaban J connectivity index is 1.33. The van der Waals surface area contributed by atoms with E-state index in [9.17, 15) is 19.6 Å². The number of amides is 2. The van der Waals surface area contributed by atoms with E-state index in [0.717, 1.165) is 57.2 Å². The second-order valence-corrected chi connectivity index (χ2v) is 11.9. The van der Waals surface area contributed by atoms with Crippen LogP contribution < -0.4 is 9.64 Å². The smallest absolute Gasteiger partial charge is 0.319 e. The Labute approximate surface area is 234 Å². The molecule has 8 rings (SSSR count). The van der Waals surface area contributed by atoms with Crippen molar-refractivity contribution in [2.75, 3.05) is 4.90 Å². The fraction of sp³-hybridized carbons (Fsp3) is 0.212. The van der Waals surface area contributed by atoms with E-state index >= 15 is 0 Å². The molecule has 6 nitrogen and oxygen atoms in total. The van der Waals surface area contributed by atoms with Crippen LogP contribution in [0.5, 0.6) is 5.75 Å². The van der Waals surface area contributed by atoms with Crippen molar-refractivity contribution in [2.24, 2.45) is 17.8 Å². The number of benzene rings is 3. The predicted molar refractivity (Wildman–Crippen MR) is 151 cm³/mol. The van der Waals surface area contributed by atoms with Crippen LogP contribution in [0.15, 0.2) is 72.8 Å². The van der Waals surface area contributed by atoms with Crippen molar-refractivity contribution >= 4 is 50.5 Å². The van der Waals surface area contributed by atoms with E-state index in [1.807, 2.05) is 72.8 Å². The minimum absolute atomic E-state index is 0.354. The summed E-state index contributed by atoms with van der Waals surface area (Å²) in [5.74, 6) is -3.83. The summed E-state index contributed by atoms with van der Waals surface area (Å²) in [6.07, 6.45) is 4.59. The normalized spacial score (nSPS) is 24.6. The highest BCUT2D eigenvalue weighted by Gasteiger charge is 2.61. The van der Waals surface area contributed by atoms with E-state index in [2.05, 4.69) is 6.07 Å². The van der Waals surface area contributed by atoms with Crippen molar-refractivity contribution in [2.45, 2.75) is 25.2 Å². The zero-order valence-electron chi connectivity index (χ0n) is 21.3. The number of fused-ring (bicyclic) bond motifs is 8. The molecule has 3 aromatic carbocycles. The van der Waals surface area contributed by atoms with Gasteiger partial charge >= 0.3 is 5.97 Å². The van der Waals surface area contributed by atoms with E-state index < -0.39 is 35.5 Å². The second-order valence-electron chi connectivity index (χ2n) is 10.8. The third-order valence-corrected chi connectivity index (χ3v) is 10.2. The number of hydrogen-bond acceptors (Lipinski definition) is 6. The molecule has 0 spiro atoms. The van der Waals surface area contributed by atoms with Gasteiger partial charge in [-0.2, -0.15) is 5.26 Å². The number of rotatable bonds is 2. The van der Waals surface area contributed by atoms with Crippen molar-refractivity contribution in [3.63, 3.8) is 0 Å². The first-order valence-electron chi connectivity index (χ1n) is 13.5. The van der Waals surface area contributed by atoms with Crippen molar-refractivity contribution in [1.82, 2.24) is 0 Å². The average molecular weight is 543 g/mol. The predicted octanol–water partition coefficient (Wildman–Crippen LogP) is 5.78. The SMILES string of the molecule is N#Cc1c(N2C(=O)[C@@H]3[C@@H]4C(=O)Oc5c(ccc6ccccc56)C4=C[C@@H](c4ccccc4)[C@H]3C2=O)sc2c1CCC2. The summed E-state index contributed by atoms with van der Waals surface area (Å²) >= 11 is 1.37. The topological polar surface area (TPSA) is 87.5 Å². The molecule has 4 aliphatic rings. The van der Waals surface area contributed by atoms with Crippen LogP contribution >= 0.6 is 11.3 Å². The first kappa shape index (κ1) is 23.4. The molecule has 1 fully saturated rings. The van der Waals surface area contributed by atoms with Crippen molar-refractivity contribution < 1.29 is 19.1 Å². The van der Waals surface area contributed by atoms with Crippen LogP contribution in [0.1, 0.15) is 39.5 Å². The zero-order valence-corrected chi connectivity index (χ0v) is 22.1. The summed E-state index contributed by atoms with van der Waals surface area (Å²) in [7, 11) is 0. The number of aryl methyl sites for hydroxylation is 1. The number of ether oxygens (including phenoxy) is 1. The maximum absolute atomic E-state index is 14.3. The molecule has 0 saturated carbocycles. The van der Waals surface area contributed by atoms with E-state index in [1.54, 1.807) is 0 Å². The molecule has 0 bridgehead atoms. The van der Waals surface area contributed by atoms with Crippen LogP contribution in [0.2, 0.25) is 0 Å². The Morgan fingerprint density at radius 3 is 2.50 bits per heavy atom. The number of thiophene rings is 1. The number of carbonyl (C=O) groups is 3. The number of allylic oxidation sites excluding steroid dienone is 1. The Morgan fingerprint density at radius 2 is 1.68 bits per heavy atom. The molecule has 4 aromatic rings. The fourth-order valence-electron chi connectivity index (χ4n) is 7.15. The summed E-state index contributed by atoms with van der Waals surface area (Å²) in [5, 5.41) is 12.2. The lowest BCUT2D eigenvalue weighted by atomic mass is 9.64. The van der Waals surface area contributed by atoms with Gasteiger partial charge in [-0.05, 0) is 41.3 Å². The molecule has 0 N–H and O–H groups in total. The van der Waals surface area contributed by atoms with Crippen molar-refractivity contribution in [3.8, 4) is 11.8 Å². The van der Waals surface area contributed by atoms with Gasteiger partial charge in [0.15, 0.2) is 0 Å². The van der Waals surface area contributed by atoms with Crippen molar-refractivity contribution in [1.29, 1.82) is 5.26 Å². The molecular formula is C33H22N2O4S. The standard InChI is InChI=1S/C33H22N2O4S/c34-16-24-20-11-6-12-25(20)40-32(24)35-30(36)26-22(17-7-2-1-3-8-17)15-23-21-14-13-18-9-4-5-10-19(18)29(21)39-33(38)27(23)28(26)31(35)37/h1-5,7-10,13-15,22,26-28H,6,11-12H2/t22-,26+,27+,28-/m0/s1. The number of hydrogen-bond donors (Lipinski definition) is 0. The zero-order chi connectivity index (χ0) is 27.1. The molecule has 0 unspecified atom stereocenters. The first-order chi connectivity index (χ1) is 19.6. The van der Waals surface area contributed by atoms with Crippen LogP contribution in [-0.2, 0) is 27.2 Å². The third kappa shape index (κ3) is 3.05. The van der Waals surface area contributed by atoms with Gasteiger partial charge in [-0.3, -0.25) is 14.4 Å². The van der Waals surface area contributed by atoms with Gasteiger partial charge in [-0.1, -0.05) is 72.8 Å². The quantitative estimate of drug-likeness (QED) is 0.182. The van der Waals surface area contributed by atoms with Gasteiger partial charge in [-0.25, -0.2) is 4.90 Å². The van der Waals surface area contributed by atoms with Gasteiger partial charge in [0.25, 0.3) is 0 Å². The molecular weight excluding hydrogens is 520 g/mol. The van der Waals surface area contributed by atoms with E-state index in [1.165, 1.54) is 16.2 Å². The molecule has 2 aliphatic carbocycles. The third-order valence-electron chi connectivity index (χ3n) is 8.89. The van der Waals surface area contributed by atoms with Crippen LogP contribution in [0, 0.1) is 29.1 Å². The van der Waals surface area contributed by atoms with E-state index in [4.69, 9.17) is 4.74 Å². The minimum Gasteiger partial charge on any atom is -0.425 e. The molecule has 1 aromatic heterocycles. The maximum Gasteiger partial charge on any atom is 0.319 e. The van der Waals surface area contributed by atoms with Gasteiger partial charge in [0.05, 0.1) is 23.3 Å². The highest BCUT2D eigenvalue weighted by molar-refractivity contribution is 7.17. The summed E-state index contributed by atoms with van der Waals surface area (Å²) in [5.41, 5.74) is 3.78. The number of imide groups is 1. The molecule has 2 amide bonds. The first-order valence-corrected chi connectivity index (χ1v) is 14.3. The summed E-state index contributed by atoms with van der Waals surface area (Å²) in [4.78, 5) is 44.6. The molecule has 40 heavy (non-hydrogen) atoms. The Morgan fingerprint density at radius 1 is 0.900 bits per heavy atom. The Kier molecular flexibility index (Phi) is 4.95. The van der Waals surface area contributed by atoms with Gasteiger partial charge in [0, 0.05) is 21.7 Å². The van der Waals surface area contributed by atoms with E-state index in [0.29, 0.717) is 16.3 Å². The van der Waals surface area contributed by atoms with E-state index in [-0.39, 0.29) is 5.91 Å². The average Bonchev–Trinajstić information content (AvgIpc) is 3.64. The highest BCUT2D eigenvalue weighted by atomic mass is 32.1. The van der Waals surface area contributed by atoms with Gasteiger partial charge in [0.1, 0.15) is 16.8 Å². The van der Waals surface area contributed by atoms with Crippen molar-refractivity contribution in [3.05, 3.63) is 99.9 Å². The number of nitrogens with zero attached hydrogens (tertiary/aromatic N) is 2. The Hall–Kier alpha value is -4.54. The van der Waals surface area contributed by atoms with Crippen LogP contribution in [-0.4, -0.2) is 17.8 Å². The molecule has 1 saturated heterocycles. The summed E-state index contributed by atoms with van der Waals surface area (Å²) in [6.45, 7) is 0. The molecule has 0 radical (unpaired) electrons. The second kappa shape index (κ2) is 8.48.